The molecule has 5 nitrogen and oxygen atoms in total. The van der Waals surface area contributed by atoms with Crippen molar-refractivity contribution in [2.75, 3.05) is 11.9 Å². The molecule has 1 fully saturated rings. The van der Waals surface area contributed by atoms with Crippen molar-refractivity contribution >= 4 is 33.0 Å². The summed E-state index contributed by atoms with van der Waals surface area (Å²) in [6.07, 6.45) is 6.08. The number of carbonyl (C=O) groups is 1. The van der Waals surface area contributed by atoms with Crippen molar-refractivity contribution in [1.82, 2.24) is 4.31 Å². The maximum Gasteiger partial charge on any atom is 0.252 e. The molecule has 144 valence electrons. The monoisotopic (exact) mass is 404 g/mol. The lowest BCUT2D eigenvalue weighted by atomic mass is 9.88. The number of nitrogens with zero attached hydrogens (tertiary/aromatic N) is 1. The van der Waals surface area contributed by atoms with Crippen molar-refractivity contribution in [3.8, 4) is 0 Å². The molecule has 1 aliphatic heterocycles. The molecule has 1 amide bonds. The van der Waals surface area contributed by atoms with E-state index >= 15 is 0 Å². The Balaban J connectivity index is 1.50. The van der Waals surface area contributed by atoms with Gasteiger partial charge in [0.05, 0.1) is 0 Å². The van der Waals surface area contributed by atoms with Gasteiger partial charge in [-0.3, -0.25) is 4.79 Å². The zero-order valence-electron chi connectivity index (χ0n) is 15.2. The molecule has 0 saturated heterocycles. The van der Waals surface area contributed by atoms with Gasteiger partial charge in [-0.15, -0.1) is 11.3 Å². The van der Waals surface area contributed by atoms with Gasteiger partial charge in [0.2, 0.25) is 5.91 Å². The molecule has 1 aliphatic carbocycles. The minimum atomic E-state index is -3.45. The summed E-state index contributed by atoms with van der Waals surface area (Å²) in [4.78, 5) is 12.5. The van der Waals surface area contributed by atoms with Gasteiger partial charge in [-0.05, 0) is 54.0 Å². The van der Waals surface area contributed by atoms with E-state index in [2.05, 4.69) is 5.32 Å². The highest BCUT2D eigenvalue weighted by Gasteiger charge is 2.29. The first kappa shape index (κ1) is 18.7. The van der Waals surface area contributed by atoms with Crippen LogP contribution in [-0.4, -0.2) is 25.2 Å². The fraction of sp³-hybridized carbons (Fsp3) is 0.450. The van der Waals surface area contributed by atoms with Crippen molar-refractivity contribution in [1.29, 1.82) is 0 Å². The van der Waals surface area contributed by atoms with Crippen molar-refractivity contribution in [3.63, 3.8) is 0 Å². The summed E-state index contributed by atoms with van der Waals surface area (Å²) in [5.41, 5.74) is 2.89. The van der Waals surface area contributed by atoms with Gasteiger partial charge in [-0.25, -0.2) is 8.42 Å². The maximum atomic E-state index is 12.8. The molecule has 27 heavy (non-hydrogen) atoms. The first-order chi connectivity index (χ1) is 13.0. The first-order valence-corrected chi connectivity index (χ1v) is 11.8. The molecule has 4 rings (SSSR count). The van der Waals surface area contributed by atoms with E-state index in [4.69, 9.17) is 0 Å². The Bertz CT molecular complexity index is 917. The molecule has 2 aliphatic rings. The number of fused-ring (bicyclic) bond motifs is 1. The number of carbonyl (C=O) groups excluding carboxylic acids is 1. The van der Waals surface area contributed by atoms with Gasteiger partial charge in [-0.2, -0.15) is 4.31 Å². The van der Waals surface area contributed by atoms with E-state index in [0.29, 0.717) is 23.7 Å². The maximum absolute atomic E-state index is 12.8. The summed E-state index contributed by atoms with van der Waals surface area (Å²) in [5, 5.41) is 4.82. The van der Waals surface area contributed by atoms with Crippen LogP contribution in [0.15, 0.2) is 39.9 Å². The van der Waals surface area contributed by atoms with Crippen LogP contribution in [0.2, 0.25) is 0 Å². The Morgan fingerprint density at radius 1 is 1.11 bits per heavy atom. The number of rotatable bonds is 4. The van der Waals surface area contributed by atoms with Crippen molar-refractivity contribution in [2.24, 2.45) is 5.92 Å². The van der Waals surface area contributed by atoms with Crippen LogP contribution in [0.1, 0.15) is 43.2 Å². The van der Waals surface area contributed by atoms with Gasteiger partial charge < -0.3 is 5.32 Å². The van der Waals surface area contributed by atoms with Gasteiger partial charge in [0.1, 0.15) is 4.21 Å². The van der Waals surface area contributed by atoms with E-state index in [0.717, 1.165) is 42.5 Å². The van der Waals surface area contributed by atoms with Gasteiger partial charge >= 0.3 is 0 Å². The van der Waals surface area contributed by atoms with Crippen molar-refractivity contribution < 1.29 is 13.2 Å². The lowest BCUT2D eigenvalue weighted by molar-refractivity contribution is -0.120. The lowest BCUT2D eigenvalue weighted by Gasteiger charge is -2.28. The lowest BCUT2D eigenvalue weighted by Crippen LogP contribution is -2.35. The molecule has 1 aromatic carbocycles. The summed E-state index contributed by atoms with van der Waals surface area (Å²) in [6, 6.07) is 9.29. The highest BCUT2D eigenvalue weighted by molar-refractivity contribution is 7.91. The van der Waals surface area contributed by atoms with E-state index in [1.807, 2.05) is 18.2 Å². The Kier molecular flexibility index (Phi) is 5.34. The van der Waals surface area contributed by atoms with Gasteiger partial charge in [0.15, 0.2) is 0 Å². The summed E-state index contributed by atoms with van der Waals surface area (Å²) in [6.45, 7) is 0.837. The normalized spacial score (nSPS) is 18.8. The fourth-order valence-corrected chi connectivity index (χ4v) is 6.52. The Morgan fingerprint density at radius 2 is 1.93 bits per heavy atom. The largest absolute Gasteiger partial charge is 0.326 e. The molecule has 0 spiro atoms. The first-order valence-electron chi connectivity index (χ1n) is 9.50. The van der Waals surface area contributed by atoms with Crippen LogP contribution in [0.25, 0.3) is 0 Å². The number of hydrogen-bond acceptors (Lipinski definition) is 4. The highest BCUT2D eigenvalue weighted by atomic mass is 32.2. The van der Waals surface area contributed by atoms with E-state index in [1.165, 1.54) is 22.1 Å². The average Bonchev–Trinajstić information content (AvgIpc) is 3.24. The Morgan fingerprint density at radius 3 is 2.67 bits per heavy atom. The van der Waals surface area contributed by atoms with Gasteiger partial charge in [-0.1, -0.05) is 31.4 Å². The van der Waals surface area contributed by atoms with Crippen molar-refractivity contribution in [2.45, 2.75) is 49.3 Å². The highest BCUT2D eigenvalue weighted by Crippen LogP contribution is 2.30. The third-order valence-corrected chi connectivity index (χ3v) is 8.73. The molecular weight excluding hydrogens is 380 g/mol. The van der Waals surface area contributed by atoms with E-state index in [-0.39, 0.29) is 11.8 Å². The molecule has 1 saturated carbocycles. The van der Waals surface area contributed by atoms with E-state index < -0.39 is 10.0 Å². The number of sulfonamides is 1. The molecule has 7 heteroatoms. The molecule has 2 heterocycles. The SMILES string of the molecule is O=C(Nc1ccc2c(c1)CN(S(=O)(=O)c1cccs1)CC2)C1CCCCC1. The quantitative estimate of drug-likeness (QED) is 0.837. The minimum Gasteiger partial charge on any atom is -0.326 e. The third-order valence-electron chi connectivity index (χ3n) is 5.52. The minimum absolute atomic E-state index is 0.0912. The van der Waals surface area contributed by atoms with Crippen LogP contribution in [0.3, 0.4) is 0 Å². The second-order valence-electron chi connectivity index (χ2n) is 7.33. The van der Waals surface area contributed by atoms with Crippen LogP contribution >= 0.6 is 11.3 Å². The molecule has 0 radical (unpaired) electrons. The van der Waals surface area contributed by atoms with E-state index in [1.54, 1.807) is 17.5 Å². The smallest absolute Gasteiger partial charge is 0.252 e. The zero-order valence-corrected chi connectivity index (χ0v) is 16.8. The number of anilines is 1. The fourth-order valence-electron chi connectivity index (χ4n) is 3.96. The third kappa shape index (κ3) is 3.95. The van der Waals surface area contributed by atoms with Crippen LogP contribution in [-0.2, 0) is 27.8 Å². The van der Waals surface area contributed by atoms with Gasteiger partial charge in [0, 0.05) is 24.7 Å². The molecule has 1 N–H and O–H groups in total. The number of amides is 1. The predicted molar refractivity (Wildman–Crippen MR) is 107 cm³/mol. The molecule has 2 aromatic rings. The second-order valence-corrected chi connectivity index (χ2v) is 10.4. The van der Waals surface area contributed by atoms with Crippen LogP contribution in [0, 0.1) is 5.92 Å². The zero-order chi connectivity index (χ0) is 18.9. The summed E-state index contributed by atoms with van der Waals surface area (Å²) >= 11 is 1.25. The standard InChI is InChI=1S/C20H24N2O3S2/c23-20(16-5-2-1-3-6-16)21-18-9-8-15-10-11-22(14-17(15)13-18)27(24,25)19-7-4-12-26-19/h4,7-9,12-13,16H,1-3,5-6,10-11,14H2,(H,21,23). The Labute approximate surface area is 164 Å². The molecule has 0 unspecified atom stereocenters. The summed E-state index contributed by atoms with van der Waals surface area (Å²) in [7, 11) is -3.45. The molecule has 0 bridgehead atoms. The predicted octanol–water partition coefficient (Wildman–Crippen LogP) is 4.01. The summed E-state index contributed by atoms with van der Waals surface area (Å²) < 4.78 is 27.5. The average molecular weight is 405 g/mol. The number of hydrogen-bond donors (Lipinski definition) is 1. The Hall–Kier alpha value is -1.70. The van der Waals surface area contributed by atoms with Crippen LogP contribution in [0.5, 0.6) is 0 Å². The van der Waals surface area contributed by atoms with Crippen molar-refractivity contribution in [3.05, 3.63) is 46.8 Å². The van der Waals surface area contributed by atoms with Crippen LogP contribution in [0.4, 0.5) is 5.69 Å². The number of benzene rings is 1. The summed E-state index contributed by atoms with van der Waals surface area (Å²) in [5.74, 6) is 0.194. The van der Waals surface area contributed by atoms with E-state index in [9.17, 15) is 13.2 Å². The van der Waals surface area contributed by atoms with Gasteiger partial charge in [0.25, 0.3) is 10.0 Å². The molecular formula is C20H24N2O3S2. The molecule has 1 aromatic heterocycles. The second kappa shape index (κ2) is 7.73. The topological polar surface area (TPSA) is 66.5 Å². The van der Waals surface area contributed by atoms with Crippen LogP contribution < -0.4 is 5.32 Å². The molecule has 0 atom stereocenters. The number of thiophene rings is 1. The number of nitrogens with one attached hydrogen (secondary N) is 1.